The van der Waals surface area contributed by atoms with Gasteiger partial charge in [0.2, 0.25) is 0 Å². The van der Waals surface area contributed by atoms with E-state index in [9.17, 15) is 0 Å². The summed E-state index contributed by atoms with van der Waals surface area (Å²) < 4.78 is 0. The summed E-state index contributed by atoms with van der Waals surface area (Å²) in [5.41, 5.74) is 17.7. The summed E-state index contributed by atoms with van der Waals surface area (Å²) in [6, 6.07) is 66.5. The minimum absolute atomic E-state index is 0.233. The summed E-state index contributed by atoms with van der Waals surface area (Å²) in [6.45, 7) is 10.0. The molecule has 0 atom stereocenters. The molecule has 1 aliphatic carbocycles. The van der Waals surface area contributed by atoms with E-state index >= 15 is 0 Å². The highest BCUT2D eigenvalue weighted by molar-refractivity contribution is 5.96. The second kappa shape index (κ2) is 14.4. The van der Waals surface area contributed by atoms with Gasteiger partial charge in [-0.25, -0.2) is 0 Å². The normalized spacial score (nSPS) is 15.1. The van der Waals surface area contributed by atoms with Crippen LogP contribution in [0.15, 0.2) is 213 Å². The van der Waals surface area contributed by atoms with Crippen LogP contribution in [-0.2, 0) is 5.41 Å². The van der Waals surface area contributed by atoms with E-state index in [1.807, 2.05) is 0 Å². The molecule has 1 heterocycles. The third-order valence-corrected chi connectivity index (χ3v) is 12.0. The van der Waals surface area contributed by atoms with Crippen molar-refractivity contribution in [1.29, 1.82) is 0 Å². The second-order valence-electron chi connectivity index (χ2n) is 15.9. The van der Waals surface area contributed by atoms with Gasteiger partial charge in [0.1, 0.15) is 0 Å². The molecule has 0 saturated carbocycles. The Labute approximate surface area is 342 Å². The Morgan fingerprint density at radius 3 is 1.62 bits per heavy atom. The fourth-order valence-electron chi connectivity index (χ4n) is 8.89. The van der Waals surface area contributed by atoms with E-state index in [1.165, 1.54) is 66.7 Å². The highest BCUT2D eigenvalue weighted by Gasteiger charge is 2.37. The molecule has 0 fully saturated rings. The first kappa shape index (κ1) is 35.3. The zero-order valence-corrected chi connectivity index (χ0v) is 32.9. The molecule has 2 heteroatoms. The quantitative estimate of drug-likeness (QED) is 0.167. The lowest BCUT2D eigenvalue weighted by atomic mass is 9.82. The highest BCUT2D eigenvalue weighted by atomic mass is 15.1. The van der Waals surface area contributed by atoms with Gasteiger partial charge in [-0.05, 0) is 122 Å². The fraction of sp³-hybridized carbons (Fsp3) is 0.0714. The molecule has 0 spiro atoms. The van der Waals surface area contributed by atoms with Crippen LogP contribution >= 0.6 is 0 Å². The Balaban J connectivity index is 1.05. The van der Waals surface area contributed by atoms with E-state index in [4.69, 9.17) is 0 Å². The van der Waals surface area contributed by atoms with Crippen molar-refractivity contribution in [3.63, 3.8) is 0 Å². The van der Waals surface area contributed by atoms with Crippen LogP contribution in [0.1, 0.15) is 30.5 Å². The largest absolute Gasteiger partial charge is 0.337 e. The van der Waals surface area contributed by atoms with E-state index in [2.05, 4.69) is 237 Å². The van der Waals surface area contributed by atoms with Gasteiger partial charge in [0.25, 0.3) is 0 Å². The van der Waals surface area contributed by atoms with Gasteiger partial charge in [-0.1, -0.05) is 166 Å². The molecular formula is C56H44N2. The first-order valence-electron chi connectivity index (χ1n) is 20.2. The van der Waals surface area contributed by atoms with E-state index in [1.54, 1.807) is 0 Å². The number of allylic oxidation sites excluding steroid dienone is 4. The number of hydrogen-bond donors (Lipinski definition) is 0. The topological polar surface area (TPSA) is 6.48 Å². The maximum atomic E-state index is 4.49. The molecule has 2 nitrogen and oxygen atoms in total. The number of benzene rings is 8. The molecular weight excluding hydrogens is 701 g/mol. The lowest BCUT2D eigenvalue weighted by molar-refractivity contribution is 0.660. The van der Waals surface area contributed by atoms with Crippen LogP contribution in [0.25, 0.3) is 49.7 Å². The summed E-state index contributed by atoms with van der Waals surface area (Å²) in [5.74, 6) is 0. The Morgan fingerprint density at radius 2 is 1.00 bits per heavy atom. The number of hydrogen-bond acceptors (Lipinski definition) is 2. The zero-order valence-electron chi connectivity index (χ0n) is 32.9. The first-order valence-corrected chi connectivity index (χ1v) is 20.2. The highest BCUT2D eigenvalue weighted by Crippen LogP contribution is 2.52. The molecule has 0 amide bonds. The maximum Gasteiger partial charge on any atom is 0.0499 e. The molecule has 1 aliphatic heterocycles. The van der Waals surface area contributed by atoms with Gasteiger partial charge < -0.3 is 9.80 Å². The molecule has 8 aromatic rings. The maximum absolute atomic E-state index is 4.49. The van der Waals surface area contributed by atoms with E-state index in [-0.39, 0.29) is 5.41 Å². The average Bonchev–Trinajstić information content (AvgIpc) is 3.54. The summed E-state index contributed by atoms with van der Waals surface area (Å²) in [7, 11) is 0. The van der Waals surface area contributed by atoms with Gasteiger partial charge in [-0.15, -0.1) is 0 Å². The van der Waals surface area contributed by atoms with Crippen molar-refractivity contribution in [2.24, 2.45) is 0 Å². The monoisotopic (exact) mass is 744 g/mol. The smallest absolute Gasteiger partial charge is 0.0499 e. The predicted molar refractivity (Wildman–Crippen MR) is 248 cm³/mol. The summed E-state index contributed by atoms with van der Waals surface area (Å²) in [6.07, 6.45) is 8.59. The number of anilines is 5. The van der Waals surface area contributed by atoms with Crippen molar-refractivity contribution in [2.45, 2.75) is 19.3 Å². The Morgan fingerprint density at radius 1 is 0.483 bits per heavy atom. The second-order valence-corrected chi connectivity index (χ2v) is 15.9. The van der Waals surface area contributed by atoms with Crippen LogP contribution in [-0.4, -0.2) is 6.54 Å². The van der Waals surface area contributed by atoms with Gasteiger partial charge in [-0.2, -0.15) is 0 Å². The predicted octanol–water partition coefficient (Wildman–Crippen LogP) is 15.2. The molecule has 0 radical (unpaired) electrons. The molecule has 58 heavy (non-hydrogen) atoms. The van der Waals surface area contributed by atoms with Gasteiger partial charge in [0, 0.05) is 46.0 Å². The molecule has 0 N–H and O–H groups in total. The summed E-state index contributed by atoms with van der Waals surface area (Å²) in [4.78, 5) is 4.84. The van der Waals surface area contributed by atoms with Gasteiger partial charge in [0.15, 0.2) is 0 Å². The number of rotatable bonds is 6. The molecule has 0 bridgehead atoms. The van der Waals surface area contributed by atoms with Crippen LogP contribution < -0.4 is 9.80 Å². The van der Waals surface area contributed by atoms with Crippen molar-refractivity contribution in [2.75, 3.05) is 16.3 Å². The van der Waals surface area contributed by atoms with Crippen molar-refractivity contribution < 1.29 is 0 Å². The molecule has 8 aromatic carbocycles. The minimum Gasteiger partial charge on any atom is -0.337 e. The minimum atomic E-state index is -0.233. The van der Waals surface area contributed by atoms with Gasteiger partial charge >= 0.3 is 0 Å². The number of fused-ring (bicyclic) bond motifs is 5. The van der Waals surface area contributed by atoms with Crippen molar-refractivity contribution >= 4 is 44.8 Å². The number of nitrogens with zero attached hydrogens (tertiary/aromatic N) is 2. The lowest BCUT2D eigenvalue weighted by Gasteiger charge is -2.30. The first-order chi connectivity index (χ1) is 28.4. The molecule has 10 rings (SSSR count). The van der Waals surface area contributed by atoms with E-state index in [0.29, 0.717) is 0 Å². The van der Waals surface area contributed by atoms with Crippen LogP contribution in [0.4, 0.5) is 28.4 Å². The van der Waals surface area contributed by atoms with Crippen LogP contribution in [0, 0.1) is 0 Å². The van der Waals surface area contributed by atoms with Crippen LogP contribution in [0.3, 0.4) is 0 Å². The Hall–Kier alpha value is -7.16. The van der Waals surface area contributed by atoms with Crippen LogP contribution in [0.5, 0.6) is 0 Å². The molecule has 278 valence electrons. The Bertz CT molecular complexity index is 2800. The SMILES string of the molecule is C=C1/C=C\C=C/CN(c2ccc3c(c2)C(C)(C)c2cc(N(c4ccc(-c5ccccc5)cc4)c4ccc(-c5ccccc5)cc4)ccc2-3)c2cc3ccccc3cc21. The van der Waals surface area contributed by atoms with Crippen molar-refractivity contribution in [3.8, 4) is 33.4 Å². The summed E-state index contributed by atoms with van der Waals surface area (Å²) in [5, 5.41) is 2.44. The lowest BCUT2D eigenvalue weighted by Crippen LogP contribution is -2.20. The standard InChI is InChI=1S/C56H44N2/c1-39-15-7-6-14-34-57(55-36-45-21-13-12-20-44(45)35-52(39)55)48-30-32-50-51-33-31-49(38-54(51)56(2,3)53(50)37-48)58(46-26-22-42(23-27-46)40-16-8-4-9-17-40)47-28-24-43(25-29-47)41-18-10-5-11-19-41/h4-33,35-38H,1,34H2,2-3H3/b14-6-,15-7-. The Kier molecular flexibility index (Phi) is 8.76. The van der Waals surface area contributed by atoms with E-state index in [0.717, 1.165) is 34.7 Å². The zero-order chi connectivity index (χ0) is 39.2. The summed E-state index contributed by atoms with van der Waals surface area (Å²) >= 11 is 0. The third-order valence-electron chi connectivity index (χ3n) is 12.0. The van der Waals surface area contributed by atoms with Gasteiger partial charge in [0.05, 0.1) is 0 Å². The molecule has 0 saturated heterocycles. The molecule has 0 aromatic heterocycles. The molecule has 2 aliphatic rings. The molecule has 0 unspecified atom stereocenters. The van der Waals surface area contributed by atoms with Crippen molar-refractivity contribution in [1.82, 2.24) is 0 Å². The van der Waals surface area contributed by atoms with Crippen molar-refractivity contribution in [3.05, 3.63) is 230 Å². The van der Waals surface area contributed by atoms with E-state index < -0.39 is 0 Å². The fourth-order valence-corrected chi connectivity index (χ4v) is 8.89. The van der Waals surface area contributed by atoms with Gasteiger partial charge in [-0.3, -0.25) is 0 Å². The average molecular weight is 745 g/mol. The van der Waals surface area contributed by atoms with Crippen LogP contribution in [0.2, 0.25) is 0 Å². The third kappa shape index (κ3) is 6.24.